The van der Waals surface area contributed by atoms with Crippen molar-refractivity contribution in [2.75, 3.05) is 19.8 Å². The largest absolute Gasteiger partial charge is 0.450 e. The van der Waals surface area contributed by atoms with Gasteiger partial charge in [-0.1, -0.05) is 0 Å². The van der Waals surface area contributed by atoms with E-state index in [9.17, 15) is 9.59 Å². The van der Waals surface area contributed by atoms with Crippen LogP contribution in [-0.2, 0) is 9.53 Å². The zero-order valence-corrected chi connectivity index (χ0v) is 6.29. The molecule has 0 atom stereocenters. The van der Waals surface area contributed by atoms with Crippen LogP contribution in [0.5, 0.6) is 0 Å². The molecule has 2 amide bonds. The third-order valence-electron chi connectivity index (χ3n) is 1.33. The van der Waals surface area contributed by atoms with Crippen LogP contribution in [0.2, 0.25) is 0 Å². The Morgan fingerprint density at radius 2 is 2.55 bits per heavy atom. The molecule has 0 aromatic heterocycles. The Labute approximate surface area is 64.3 Å². The van der Waals surface area contributed by atoms with Gasteiger partial charge in [-0.05, 0) is 6.92 Å². The first-order valence-electron chi connectivity index (χ1n) is 3.42. The standard InChI is InChI=1S/C6H10N2O3/c1-2-11-6(10)8-3-5(9)7-4-8/h2-4H2,1H3,(H,7,9). The van der Waals surface area contributed by atoms with Gasteiger partial charge in [-0.3, -0.25) is 9.69 Å². The van der Waals surface area contributed by atoms with Gasteiger partial charge in [-0.25, -0.2) is 4.79 Å². The molecule has 0 aromatic rings. The molecule has 1 aliphatic rings. The van der Waals surface area contributed by atoms with Crippen molar-refractivity contribution in [3.63, 3.8) is 0 Å². The zero-order chi connectivity index (χ0) is 8.27. The number of amides is 2. The molecular weight excluding hydrogens is 148 g/mol. The monoisotopic (exact) mass is 158 g/mol. The zero-order valence-electron chi connectivity index (χ0n) is 6.29. The summed E-state index contributed by atoms with van der Waals surface area (Å²) in [6, 6.07) is 0. The minimum atomic E-state index is -0.439. The quantitative estimate of drug-likeness (QED) is 0.561. The maximum absolute atomic E-state index is 10.9. The molecular formula is C6H10N2O3. The molecule has 1 rings (SSSR count). The van der Waals surface area contributed by atoms with Gasteiger partial charge in [0, 0.05) is 0 Å². The van der Waals surface area contributed by atoms with Gasteiger partial charge in [0.15, 0.2) is 0 Å². The topological polar surface area (TPSA) is 58.6 Å². The van der Waals surface area contributed by atoms with E-state index in [-0.39, 0.29) is 19.1 Å². The number of hydrogen-bond donors (Lipinski definition) is 1. The predicted molar refractivity (Wildman–Crippen MR) is 36.7 cm³/mol. The Kier molecular flexibility index (Phi) is 2.30. The number of hydrogen-bond acceptors (Lipinski definition) is 3. The van der Waals surface area contributed by atoms with Crippen molar-refractivity contribution < 1.29 is 14.3 Å². The SMILES string of the molecule is CCOC(=O)N1CNC(=O)C1. The highest BCUT2D eigenvalue weighted by molar-refractivity contribution is 5.85. The van der Waals surface area contributed by atoms with E-state index in [1.807, 2.05) is 0 Å². The Balaban J connectivity index is 2.37. The molecule has 0 unspecified atom stereocenters. The summed E-state index contributed by atoms with van der Waals surface area (Å²) in [5, 5.41) is 2.50. The van der Waals surface area contributed by atoms with Gasteiger partial charge in [-0.2, -0.15) is 0 Å². The first-order chi connectivity index (χ1) is 5.24. The summed E-state index contributed by atoms with van der Waals surface area (Å²) < 4.78 is 4.67. The van der Waals surface area contributed by atoms with E-state index >= 15 is 0 Å². The summed E-state index contributed by atoms with van der Waals surface area (Å²) in [5.74, 6) is -0.141. The van der Waals surface area contributed by atoms with E-state index < -0.39 is 6.09 Å². The number of nitrogens with zero attached hydrogens (tertiary/aromatic N) is 1. The lowest BCUT2D eigenvalue weighted by Gasteiger charge is -2.11. The highest BCUT2D eigenvalue weighted by Gasteiger charge is 2.23. The fraction of sp³-hybridized carbons (Fsp3) is 0.667. The fourth-order valence-electron chi connectivity index (χ4n) is 0.813. The fourth-order valence-corrected chi connectivity index (χ4v) is 0.813. The van der Waals surface area contributed by atoms with Gasteiger partial charge in [0.1, 0.15) is 6.54 Å². The lowest BCUT2D eigenvalue weighted by molar-refractivity contribution is -0.118. The number of rotatable bonds is 1. The Morgan fingerprint density at radius 3 is 3.00 bits per heavy atom. The van der Waals surface area contributed by atoms with Crippen LogP contribution in [0.3, 0.4) is 0 Å². The minimum Gasteiger partial charge on any atom is -0.450 e. The smallest absolute Gasteiger partial charge is 0.411 e. The number of carbonyl (C=O) groups is 2. The minimum absolute atomic E-state index is 0.110. The van der Waals surface area contributed by atoms with Gasteiger partial charge in [0.2, 0.25) is 5.91 Å². The molecule has 1 saturated heterocycles. The average Bonchev–Trinajstić information content (AvgIpc) is 2.36. The molecule has 11 heavy (non-hydrogen) atoms. The normalized spacial score (nSPS) is 16.5. The van der Waals surface area contributed by atoms with Crippen molar-refractivity contribution in [3.05, 3.63) is 0 Å². The highest BCUT2D eigenvalue weighted by atomic mass is 16.6. The van der Waals surface area contributed by atoms with Crippen LogP contribution < -0.4 is 5.32 Å². The van der Waals surface area contributed by atoms with E-state index in [2.05, 4.69) is 10.1 Å². The Morgan fingerprint density at radius 1 is 1.82 bits per heavy atom. The molecule has 0 aliphatic carbocycles. The molecule has 0 aromatic carbocycles. The summed E-state index contributed by atoms with van der Waals surface area (Å²) in [5.41, 5.74) is 0. The van der Waals surface area contributed by atoms with E-state index in [0.717, 1.165) is 0 Å². The second kappa shape index (κ2) is 3.23. The Bertz CT molecular complexity index is 181. The molecule has 1 N–H and O–H groups in total. The summed E-state index contributed by atoms with van der Waals surface area (Å²) in [6.07, 6.45) is -0.439. The highest BCUT2D eigenvalue weighted by Crippen LogP contribution is 1.97. The van der Waals surface area contributed by atoms with Gasteiger partial charge in [0.05, 0.1) is 13.3 Å². The number of nitrogens with one attached hydrogen (secondary N) is 1. The summed E-state index contributed by atoms with van der Waals surface area (Å²) in [7, 11) is 0. The van der Waals surface area contributed by atoms with E-state index in [1.54, 1.807) is 6.92 Å². The summed E-state index contributed by atoms with van der Waals surface area (Å²) in [6.45, 7) is 2.43. The molecule has 0 spiro atoms. The lowest BCUT2D eigenvalue weighted by atomic mass is 10.6. The lowest BCUT2D eigenvalue weighted by Crippen LogP contribution is -2.30. The van der Waals surface area contributed by atoms with Crippen LogP contribution in [0.4, 0.5) is 4.79 Å². The molecule has 1 aliphatic heterocycles. The van der Waals surface area contributed by atoms with Crippen molar-refractivity contribution in [2.24, 2.45) is 0 Å². The first-order valence-corrected chi connectivity index (χ1v) is 3.42. The molecule has 62 valence electrons. The molecule has 0 saturated carbocycles. The van der Waals surface area contributed by atoms with Gasteiger partial charge in [0.25, 0.3) is 0 Å². The second-order valence-electron chi connectivity index (χ2n) is 2.15. The van der Waals surface area contributed by atoms with Crippen LogP contribution in [0.1, 0.15) is 6.92 Å². The molecule has 1 heterocycles. The molecule has 1 fully saturated rings. The van der Waals surface area contributed by atoms with Gasteiger partial charge >= 0.3 is 6.09 Å². The van der Waals surface area contributed by atoms with Crippen LogP contribution in [0, 0.1) is 0 Å². The Hall–Kier alpha value is -1.26. The van der Waals surface area contributed by atoms with Crippen molar-refractivity contribution >= 4 is 12.0 Å². The number of ether oxygens (including phenoxy) is 1. The van der Waals surface area contributed by atoms with Crippen molar-refractivity contribution in [3.8, 4) is 0 Å². The molecule has 5 nitrogen and oxygen atoms in total. The van der Waals surface area contributed by atoms with Crippen molar-refractivity contribution in [1.82, 2.24) is 10.2 Å². The summed E-state index contributed by atoms with van der Waals surface area (Å²) in [4.78, 5) is 22.8. The van der Waals surface area contributed by atoms with Crippen molar-refractivity contribution in [2.45, 2.75) is 6.92 Å². The van der Waals surface area contributed by atoms with Crippen LogP contribution >= 0.6 is 0 Å². The summed E-state index contributed by atoms with van der Waals surface area (Å²) >= 11 is 0. The second-order valence-corrected chi connectivity index (χ2v) is 2.15. The van der Waals surface area contributed by atoms with E-state index in [4.69, 9.17) is 0 Å². The predicted octanol–water partition coefficient (Wildman–Crippen LogP) is -0.468. The third kappa shape index (κ3) is 1.83. The average molecular weight is 158 g/mol. The van der Waals surface area contributed by atoms with Gasteiger partial charge < -0.3 is 10.1 Å². The maximum atomic E-state index is 10.9. The van der Waals surface area contributed by atoms with Crippen LogP contribution in [0.15, 0.2) is 0 Å². The molecule has 5 heteroatoms. The first kappa shape index (κ1) is 7.84. The molecule has 0 radical (unpaired) electrons. The third-order valence-corrected chi connectivity index (χ3v) is 1.33. The van der Waals surface area contributed by atoms with Crippen molar-refractivity contribution in [1.29, 1.82) is 0 Å². The van der Waals surface area contributed by atoms with Crippen LogP contribution in [0.25, 0.3) is 0 Å². The van der Waals surface area contributed by atoms with E-state index in [0.29, 0.717) is 6.61 Å². The molecule has 0 bridgehead atoms. The number of carbonyl (C=O) groups excluding carboxylic acids is 2. The van der Waals surface area contributed by atoms with E-state index in [1.165, 1.54) is 4.90 Å². The van der Waals surface area contributed by atoms with Gasteiger partial charge in [-0.15, -0.1) is 0 Å². The maximum Gasteiger partial charge on any atom is 0.411 e. The van der Waals surface area contributed by atoms with Crippen LogP contribution in [-0.4, -0.2) is 36.7 Å².